The Morgan fingerprint density at radius 3 is 1.48 bits per heavy atom. The van der Waals surface area contributed by atoms with Crippen molar-refractivity contribution in [1.29, 1.82) is 0 Å². The van der Waals surface area contributed by atoms with Crippen LogP contribution in [0, 0.1) is 10.1 Å². The first kappa shape index (κ1) is 22.3. The number of hydrogen-bond donors (Lipinski definition) is 0. The van der Waals surface area contributed by atoms with Crippen LogP contribution in [0.1, 0.15) is 52.7 Å². The van der Waals surface area contributed by atoms with Crippen molar-refractivity contribution in [2.45, 2.75) is 52.4 Å². The van der Waals surface area contributed by atoms with E-state index in [1.54, 1.807) is 12.1 Å². The smallest absolute Gasteiger partial charge is 0.311 e. The Kier molecular flexibility index (Phi) is 6.07. The number of nitrogens with zero attached hydrogens (tertiary/aromatic N) is 1. The third-order valence-corrected chi connectivity index (χ3v) is 5.03. The summed E-state index contributed by atoms with van der Waals surface area (Å²) in [7, 11) is 0. The van der Waals surface area contributed by atoms with Gasteiger partial charge < -0.3 is 9.47 Å². The second-order valence-corrected chi connectivity index (χ2v) is 9.64. The normalized spacial score (nSPS) is 11.8. The molecule has 162 valence electrons. The second-order valence-electron chi connectivity index (χ2n) is 9.64. The first-order valence-electron chi connectivity index (χ1n) is 10.3. The van der Waals surface area contributed by atoms with E-state index in [0.717, 1.165) is 5.56 Å². The van der Waals surface area contributed by atoms with Crippen molar-refractivity contribution < 1.29 is 14.4 Å². The first-order valence-corrected chi connectivity index (χ1v) is 10.3. The minimum absolute atomic E-state index is 0.0147. The van der Waals surface area contributed by atoms with Gasteiger partial charge in [-0.15, -0.1) is 0 Å². The van der Waals surface area contributed by atoms with Crippen molar-refractivity contribution in [1.82, 2.24) is 0 Å². The molecule has 0 fully saturated rings. The molecule has 0 N–H and O–H groups in total. The molecule has 0 amide bonds. The largest absolute Gasteiger partial charge is 0.457 e. The van der Waals surface area contributed by atoms with Gasteiger partial charge in [0, 0.05) is 12.1 Å². The summed E-state index contributed by atoms with van der Waals surface area (Å²) in [6.45, 7) is 12.8. The topological polar surface area (TPSA) is 61.6 Å². The van der Waals surface area contributed by atoms with E-state index in [-0.39, 0.29) is 22.3 Å². The Morgan fingerprint density at radius 1 is 0.645 bits per heavy atom. The van der Waals surface area contributed by atoms with Gasteiger partial charge in [0.1, 0.15) is 17.2 Å². The number of rotatable bonds is 5. The predicted molar refractivity (Wildman–Crippen MR) is 124 cm³/mol. The highest BCUT2D eigenvalue weighted by atomic mass is 16.6. The Morgan fingerprint density at radius 2 is 1.06 bits per heavy atom. The van der Waals surface area contributed by atoms with Crippen molar-refractivity contribution >= 4 is 5.69 Å². The molecule has 0 aliphatic heterocycles. The minimum Gasteiger partial charge on any atom is -0.457 e. The molecule has 5 heteroatoms. The van der Waals surface area contributed by atoms with E-state index in [9.17, 15) is 10.1 Å². The van der Waals surface area contributed by atoms with Crippen LogP contribution in [-0.4, -0.2) is 4.92 Å². The predicted octanol–water partition coefficient (Wildman–Crippen LogP) is 7.77. The van der Waals surface area contributed by atoms with Crippen LogP contribution in [0.5, 0.6) is 23.0 Å². The van der Waals surface area contributed by atoms with Gasteiger partial charge in [0.25, 0.3) is 0 Å². The molecule has 5 nitrogen and oxygen atoms in total. The summed E-state index contributed by atoms with van der Waals surface area (Å²) in [6, 6.07) is 19.9. The lowest BCUT2D eigenvalue weighted by Gasteiger charge is -2.19. The van der Waals surface area contributed by atoms with Crippen LogP contribution in [0.15, 0.2) is 66.7 Å². The lowest BCUT2D eigenvalue weighted by atomic mass is 9.87. The first-order chi connectivity index (χ1) is 14.4. The molecule has 0 saturated heterocycles. The van der Waals surface area contributed by atoms with E-state index >= 15 is 0 Å². The zero-order valence-electron chi connectivity index (χ0n) is 18.9. The Labute approximate surface area is 183 Å². The van der Waals surface area contributed by atoms with Gasteiger partial charge in [0.05, 0.1) is 4.92 Å². The molecule has 0 unspecified atom stereocenters. The fourth-order valence-corrected chi connectivity index (χ4v) is 3.10. The Hall–Kier alpha value is -3.34. The van der Waals surface area contributed by atoms with Gasteiger partial charge in [-0.2, -0.15) is 0 Å². The molecule has 0 aliphatic rings. The Balaban J connectivity index is 1.85. The molecule has 0 heterocycles. The van der Waals surface area contributed by atoms with Crippen molar-refractivity contribution in [3.63, 3.8) is 0 Å². The molecule has 0 spiro atoms. The summed E-state index contributed by atoms with van der Waals surface area (Å²) >= 11 is 0. The van der Waals surface area contributed by atoms with Crippen LogP contribution in [0.3, 0.4) is 0 Å². The second kappa shape index (κ2) is 8.42. The zero-order valence-corrected chi connectivity index (χ0v) is 18.9. The summed E-state index contributed by atoms with van der Waals surface area (Å²) < 4.78 is 11.8. The van der Waals surface area contributed by atoms with Crippen molar-refractivity contribution in [2.75, 3.05) is 0 Å². The fourth-order valence-electron chi connectivity index (χ4n) is 3.10. The lowest BCUT2D eigenvalue weighted by Crippen LogP contribution is -2.10. The third kappa shape index (κ3) is 5.63. The maximum absolute atomic E-state index is 11.5. The van der Waals surface area contributed by atoms with Gasteiger partial charge in [-0.05, 0) is 52.3 Å². The van der Waals surface area contributed by atoms with Crippen LogP contribution in [0.4, 0.5) is 5.69 Å². The fraction of sp³-hybridized carbons (Fsp3) is 0.308. The molecule has 3 aromatic rings. The standard InChI is InChI=1S/C26H29NO4/c1-25(2,3)18-7-11-20(12-8-18)30-22-15-16-23(27(28)29)24(17-22)31-21-13-9-19(10-14-21)26(4,5)6/h7-17H,1-6H3. The number of nitro groups is 1. The molecule has 0 radical (unpaired) electrons. The van der Waals surface area contributed by atoms with Crippen LogP contribution in [0.25, 0.3) is 0 Å². The highest BCUT2D eigenvalue weighted by Gasteiger charge is 2.19. The monoisotopic (exact) mass is 419 g/mol. The highest BCUT2D eigenvalue weighted by Crippen LogP contribution is 2.37. The molecule has 3 aromatic carbocycles. The summed E-state index contributed by atoms with van der Waals surface area (Å²) in [5.74, 6) is 1.79. The molecule has 0 atom stereocenters. The van der Waals surface area contributed by atoms with E-state index < -0.39 is 4.92 Å². The number of ether oxygens (including phenoxy) is 2. The number of nitro benzene ring substituents is 1. The summed E-state index contributed by atoms with van der Waals surface area (Å²) in [5, 5.41) is 11.5. The van der Waals surface area contributed by atoms with Crippen molar-refractivity contribution in [3.8, 4) is 23.0 Å². The number of benzene rings is 3. The molecular weight excluding hydrogens is 390 g/mol. The van der Waals surface area contributed by atoms with Gasteiger partial charge in [-0.3, -0.25) is 10.1 Å². The van der Waals surface area contributed by atoms with Crippen LogP contribution >= 0.6 is 0 Å². The van der Waals surface area contributed by atoms with Gasteiger partial charge >= 0.3 is 5.69 Å². The minimum atomic E-state index is -0.458. The lowest BCUT2D eigenvalue weighted by molar-refractivity contribution is -0.385. The maximum Gasteiger partial charge on any atom is 0.311 e. The number of hydrogen-bond acceptors (Lipinski definition) is 4. The molecule has 31 heavy (non-hydrogen) atoms. The van der Waals surface area contributed by atoms with E-state index in [4.69, 9.17) is 9.47 Å². The summed E-state index contributed by atoms with van der Waals surface area (Å²) in [6.07, 6.45) is 0. The quantitative estimate of drug-likeness (QED) is 0.313. The molecule has 0 aliphatic carbocycles. The van der Waals surface area contributed by atoms with E-state index in [0.29, 0.717) is 17.2 Å². The maximum atomic E-state index is 11.5. The molecular formula is C26H29NO4. The molecule has 0 saturated carbocycles. The summed E-state index contributed by atoms with van der Waals surface area (Å²) in [4.78, 5) is 11.0. The zero-order chi connectivity index (χ0) is 22.8. The van der Waals surface area contributed by atoms with Crippen LogP contribution < -0.4 is 9.47 Å². The van der Waals surface area contributed by atoms with Gasteiger partial charge in [-0.1, -0.05) is 65.8 Å². The SMILES string of the molecule is CC(C)(C)c1ccc(Oc2ccc([N+](=O)[O-])c(Oc3ccc(C(C)(C)C)cc3)c2)cc1. The third-order valence-electron chi connectivity index (χ3n) is 5.03. The van der Waals surface area contributed by atoms with Gasteiger partial charge in [-0.25, -0.2) is 0 Å². The molecule has 0 aromatic heterocycles. The van der Waals surface area contributed by atoms with E-state index in [2.05, 4.69) is 41.5 Å². The van der Waals surface area contributed by atoms with E-state index in [1.807, 2.05) is 48.5 Å². The van der Waals surface area contributed by atoms with Crippen molar-refractivity contribution in [2.24, 2.45) is 0 Å². The Bertz CT molecular complexity index is 1060. The van der Waals surface area contributed by atoms with E-state index in [1.165, 1.54) is 11.6 Å². The van der Waals surface area contributed by atoms with Crippen LogP contribution in [0.2, 0.25) is 0 Å². The molecule has 3 rings (SSSR count). The van der Waals surface area contributed by atoms with Crippen molar-refractivity contribution in [3.05, 3.63) is 88.0 Å². The average Bonchev–Trinajstić information content (AvgIpc) is 2.67. The highest BCUT2D eigenvalue weighted by molar-refractivity contribution is 5.53. The molecule has 0 bridgehead atoms. The van der Waals surface area contributed by atoms with Gasteiger partial charge in [0.15, 0.2) is 0 Å². The summed E-state index contributed by atoms with van der Waals surface area (Å²) in [5.41, 5.74) is 2.31. The van der Waals surface area contributed by atoms with Crippen LogP contribution in [-0.2, 0) is 10.8 Å². The average molecular weight is 420 g/mol. The van der Waals surface area contributed by atoms with Gasteiger partial charge in [0.2, 0.25) is 5.75 Å².